The van der Waals surface area contributed by atoms with E-state index >= 15 is 0 Å². The Morgan fingerprint density at radius 1 is 1.53 bits per heavy atom. The monoisotopic (exact) mass is 344 g/mol. The van der Waals surface area contributed by atoms with Crippen LogP contribution in [0.1, 0.15) is 36.0 Å². The molecule has 0 aromatic rings. The average molecular weight is 344 g/mol. The predicted molar refractivity (Wildman–Crippen MR) is 69.9 cm³/mol. The van der Waals surface area contributed by atoms with Gasteiger partial charge < -0.3 is 5.32 Å². The van der Waals surface area contributed by atoms with Gasteiger partial charge in [-0.25, -0.2) is 4.79 Å². The SMILES string of the molecule is CCC(C)N1CCCC2(C1)NC(=O)NC2=O.[HH].[HH].[In]. The second-order valence-corrected chi connectivity index (χ2v) is 4.82. The molecular formula is C11H23InN3O2. The van der Waals surface area contributed by atoms with E-state index in [1.807, 2.05) is 0 Å². The van der Waals surface area contributed by atoms with E-state index in [0.29, 0.717) is 12.6 Å². The number of imide groups is 1. The van der Waals surface area contributed by atoms with Crippen molar-refractivity contribution in [2.24, 2.45) is 0 Å². The predicted octanol–water partition coefficient (Wildman–Crippen LogP) is 0.570. The fourth-order valence-corrected chi connectivity index (χ4v) is 2.54. The first kappa shape index (κ1) is 14.8. The van der Waals surface area contributed by atoms with E-state index in [4.69, 9.17) is 0 Å². The minimum absolute atomic E-state index is 0. The number of amides is 3. The summed E-state index contributed by atoms with van der Waals surface area (Å²) in [5.41, 5.74) is -0.668. The second-order valence-electron chi connectivity index (χ2n) is 4.82. The second kappa shape index (κ2) is 5.61. The minimum atomic E-state index is -0.668. The van der Waals surface area contributed by atoms with E-state index in [1.54, 1.807) is 0 Å². The number of likely N-dealkylation sites (tertiary alicyclic amines) is 1. The topological polar surface area (TPSA) is 61.4 Å². The fourth-order valence-electron chi connectivity index (χ4n) is 2.54. The maximum absolute atomic E-state index is 11.8. The van der Waals surface area contributed by atoms with Gasteiger partial charge in [-0.15, -0.1) is 0 Å². The van der Waals surface area contributed by atoms with Crippen molar-refractivity contribution in [2.45, 2.75) is 44.7 Å². The van der Waals surface area contributed by atoms with Gasteiger partial charge in [-0.2, -0.15) is 0 Å². The smallest absolute Gasteiger partial charge is 0.322 e. The normalized spacial score (nSPS) is 30.7. The Hall–Kier alpha value is -0.230. The van der Waals surface area contributed by atoms with Gasteiger partial charge in [0, 0.05) is 41.3 Å². The maximum Gasteiger partial charge on any atom is 0.322 e. The third kappa shape index (κ3) is 2.78. The average Bonchev–Trinajstić information content (AvgIpc) is 2.52. The van der Waals surface area contributed by atoms with Crippen LogP contribution in [0.2, 0.25) is 0 Å². The number of hydrogen-bond donors (Lipinski definition) is 2. The van der Waals surface area contributed by atoms with Gasteiger partial charge in [-0.3, -0.25) is 15.0 Å². The molecule has 5 nitrogen and oxygen atoms in total. The van der Waals surface area contributed by atoms with Crippen LogP contribution in [0.5, 0.6) is 0 Å². The summed E-state index contributed by atoms with van der Waals surface area (Å²) in [6, 6.07) is 0.110. The van der Waals surface area contributed by atoms with E-state index in [2.05, 4.69) is 29.4 Å². The molecule has 17 heavy (non-hydrogen) atoms. The van der Waals surface area contributed by atoms with Crippen molar-refractivity contribution < 1.29 is 12.4 Å². The molecule has 0 bridgehead atoms. The van der Waals surface area contributed by atoms with Crippen LogP contribution in [0.3, 0.4) is 0 Å². The van der Waals surface area contributed by atoms with Gasteiger partial charge in [-0.05, 0) is 32.7 Å². The van der Waals surface area contributed by atoms with Crippen molar-refractivity contribution in [1.82, 2.24) is 15.5 Å². The van der Waals surface area contributed by atoms with Crippen LogP contribution in [0, 0.1) is 0 Å². The molecular weight excluding hydrogens is 321 g/mol. The third-order valence-electron chi connectivity index (χ3n) is 3.75. The number of hydrogen-bond acceptors (Lipinski definition) is 3. The Labute approximate surface area is 123 Å². The fraction of sp³-hybridized carbons (Fsp3) is 0.818. The van der Waals surface area contributed by atoms with Gasteiger partial charge in [0.05, 0.1) is 0 Å². The quantitative estimate of drug-likeness (QED) is 0.720. The van der Waals surface area contributed by atoms with Gasteiger partial charge in [0.25, 0.3) is 5.91 Å². The molecule has 2 rings (SSSR count). The molecule has 2 saturated heterocycles. The molecule has 3 radical (unpaired) electrons. The summed E-state index contributed by atoms with van der Waals surface area (Å²) < 4.78 is 0. The Balaban J connectivity index is 0. The zero-order chi connectivity index (χ0) is 11.8. The molecule has 2 fully saturated rings. The molecule has 6 heteroatoms. The molecule has 0 aromatic carbocycles. The molecule has 3 amide bonds. The first-order chi connectivity index (χ1) is 7.57. The van der Waals surface area contributed by atoms with Crippen molar-refractivity contribution in [3.63, 3.8) is 0 Å². The molecule has 2 heterocycles. The summed E-state index contributed by atoms with van der Waals surface area (Å²) in [4.78, 5) is 25.3. The third-order valence-corrected chi connectivity index (χ3v) is 3.75. The van der Waals surface area contributed by atoms with Crippen molar-refractivity contribution in [2.75, 3.05) is 13.1 Å². The van der Waals surface area contributed by atoms with Gasteiger partial charge in [0.15, 0.2) is 0 Å². The van der Waals surface area contributed by atoms with Crippen molar-refractivity contribution in [1.29, 1.82) is 0 Å². The Morgan fingerprint density at radius 2 is 2.24 bits per heavy atom. The zero-order valence-corrected chi connectivity index (χ0v) is 13.7. The van der Waals surface area contributed by atoms with Gasteiger partial charge in [0.2, 0.25) is 0 Å². The van der Waals surface area contributed by atoms with E-state index in [0.717, 1.165) is 25.8 Å². The molecule has 0 saturated carbocycles. The number of carbonyl (C=O) groups excluding carboxylic acids is 2. The van der Waals surface area contributed by atoms with Gasteiger partial charge in [0.1, 0.15) is 5.54 Å². The molecule has 2 aliphatic rings. The number of nitrogens with one attached hydrogen (secondary N) is 2. The largest absolute Gasteiger partial charge is 0.322 e. The summed E-state index contributed by atoms with van der Waals surface area (Å²) in [5, 5.41) is 5.13. The van der Waals surface area contributed by atoms with Crippen LogP contribution in [-0.4, -0.2) is 67.4 Å². The van der Waals surface area contributed by atoms with Crippen LogP contribution >= 0.6 is 0 Å². The Kier molecular flexibility index (Phi) is 4.89. The number of nitrogens with zero attached hydrogens (tertiary/aromatic N) is 1. The van der Waals surface area contributed by atoms with E-state index < -0.39 is 5.54 Å². The van der Waals surface area contributed by atoms with E-state index in [9.17, 15) is 9.59 Å². The summed E-state index contributed by atoms with van der Waals surface area (Å²) in [6.45, 7) is 5.95. The summed E-state index contributed by atoms with van der Waals surface area (Å²) >= 11 is 0. The van der Waals surface area contributed by atoms with Crippen molar-refractivity contribution in [3.8, 4) is 0 Å². The number of urea groups is 1. The van der Waals surface area contributed by atoms with E-state index in [-0.39, 0.29) is 40.6 Å². The number of carbonyl (C=O) groups is 2. The Morgan fingerprint density at radius 3 is 2.76 bits per heavy atom. The summed E-state index contributed by atoms with van der Waals surface area (Å²) in [7, 11) is 0. The molecule has 0 aliphatic carbocycles. The minimum Gasteiger partial charge on any atom is -0.322 e. The number of rotatable bonds is 2. The zero-order valence-electron chi connectivity index (χ0n) is 10.5. The summed E-state index contributed by atoms with van der Waals surface area (Å²) in [5.74, 6) is -0.162. The van der Waals surface area contributed by atoms with Crippen LogP contribution < -0.4 is 10.6 Å². The molecule has 2 N–H and O–H groups in total. The molecule has 2 aliphatic heterocycles. The molecule has 0 aromatic heterocycles. The van der Waals surface area contributed by atoms with Crippen LogP contribution in [-0.2, 0) is 4.79 Å². The van der Waals surface area contributed by atoms with Crippen LogP contribution in [0.15, 0.2) is 0 Å². The van der Waals surface area contributed by atoms with Crippen molar-refractivity contribution in [3.05, 3.63) is 0 Å². The summed E-state index contributed by atoms with van der Waals surface area (Å²) in [6.07, 6.45) is 2.77. The molecule has 1 spiro atoms. The first-order valence-electron chi connectivity index (χ1n) is 5.95. The molecule has 97 valence electrons. The maximum atomic E-state index is 11.8. The first-order valence-corrected chi connectivity index (χ1v) is 5.95. The molecule has 2 atom stereocenters. The van der Waals surface area contributed by atoms with Crippen LogP contribution in [0.4, 0.5) is 4.79 Å². The van der Waals surface area contributed by atoms with Crippen molar-refractivity contribution >= 4 is 37.8 Å². The number of piperidine rings is 1. The van der Waals surface area contributed by atoms with Gasteiger partial charge in [-0.1, -0.05) is 6.92 Å². The van der Waals surface area contributed by atoms with Crippen LogP contribution in [0.25, 0.3) is 0 Å². The molecule has 2 unspecified atom stereocenters. The van der Waals surface area contributed by atoms with E-state index in [1.165, 1.54) is 0 Å². The van der Waals surface area contributed by atoms with Gasteiger partial charge >= 0.3 is 6.03 Å². The Bertz CT molecular complexity index is 333. The standard InChI is InChI=1S/C11H19N3O2.In.2H2/c1-3-8(2)14-6-4-5-11(7-14)9(15)12-10(16)13-11;;;/h8H,3-7H2,1-2H3,(H2,12,13,15,16);;2*1H.